The molecule has 12 heteroatoms. The van der Waals surface area contributed by atoms with Gasteiger partial charge >= 0.3 is 5.97 Å². The van der Waals surface area contributed by atoms with Crippen molar-refractivity contribution in [3.8, 4) is 0 Å². The van der Waals surface area contributed by atoms with Crippen LogP contribution in [0.4, 0.5) is 11.4 Å². The van der Waals surface area contributed by atoms with Crippen molar-refractivity contribution >= 4 is 39.0 Å². The number of carbonyl (C=O) groups excluding carboxylic acids is 3. The molecule has 1 aromatic heterocycles. The summed E-state index contributed by atoms with van der Waals surface area (Å²) in [5.74, 6) is -0.840. The summed E-state index contributed by atoms with van der Waals surface area (Å²) in [7, 11) is -3.07. The number of anilines is 2. The minimum atomic E-state index is -3.07. The number of esters is 1. The fraction of sp³-hybridized carbons (Fsp3) is 0.588. The average Bonchev–Trinajstić information content (AvgIpc) is 3.50. The van der Waals surface area contributed by atoms with Gasteiger partial charge < -0.3 is 25.0 Å². The van der Waals surface area contributed by atoms with Crippen LogP contribution in [-0.2, 0) is 35.3 Å². The molecule has 1 aliphatic carbocycles. The zero-order chi connectivity index (χ0) is 33.3. The Labute approximate surface area is 272 Å². The van der Waals surface area contributed by atoms with E-state index in [9.17, 15) is 22.8 Å². The van der Waals surface area contributed by atoms with E-state index >= 15 is 0 Å². The first kappa shape index (κ1) is 35.3. The van der Waals surface area contributed by atoms with Crippen molar-refractivity contribution in [2.45, 2.75) is 78.2 Å². The maximum atomic E-state index is 13.9. The van der Waals surface area contributed by atoms with Crippen LogP contribution < -0.4 is 15.5 Å². The molecule has 2 heterocycles. The normalized spacial score (nSPS) is 16.9. The van der Waals surface area contributed by atoms with Gasteiger partial charge in [0.15, 0.2) is 0 Å². The predicted molar refractivity (Wildman–Crippen MR) is 178 cm³/mol. The number of benzene rings is 1. The third-order valence-corrected chi connectivity index (χ3v) is 10.1. The number of morpholine rings is 1. The quantitative estimate of drug-likeness (QED) is 0.226. The maximum Gasteiger partial charge on any atom is 0.328 e. The second-order valence-electron chi connectivity index (χ2n) is 12.5. The van der Waals surface area contributed by atoms with E-state index in [1.165, 1.54) is 6.26 Å². The van der Waals surface area contributed by atoms with Crippen LogP contribution in [0.25, 0.3) is 0 Å². The maximum absolute atomic E-state index is 13.9. The summed E-state index contributed by atoms with van der Waals surface area (Å²) >= 11 is 0. The van der Waals surface area contributed by atoms with E-state index in [0.717, 1.165) is 29.7 Å². The summed E-state index contributed by atoms with van der Waals surface area (Å²) in [4.78, 5) is 46.9. The van der Waals surface area contributed by atoms with E-state index in [4.69, 9.17) is 9.47 Å². The Morgan fingerprint density at radius 2 is 1.80 bits per heavy atom. The summed E-state index contributed by atoms with van der Waals surface area (Å²) in [5, 5.41) is 6.06. The lowest BCUT2D eigenvalue weighted by atomic mass is 9.80. The lowest BCUT2D eigenvalue weighted by molar-refractivity contribution is -0.148. The van der Waals surface area contributed by atoms with Crippen molar-refractivity contribution in [3.63, 3.8) is 0 Å². The molecular formula is C34H48N4O7S. The number of amides is 2. The number of rotatable bonds is 14. The minimum Gasteiger partial charge on any atom is -0.464 e. The van der Waals surface area contributed by atoms with E-state index in [2.05, 4.69) is 20.5 Å². The van der Waals surface area contributed by atoms with Gasteiger partial charge in [-0.05, 0) is 75.8 Å². The van der Waals surface area contributed by atoms with Gasteiger partial charge in [0.1, 0.15) is 15.9 Å². The van der Waals surface area contributed by atoms with Crippen LogP contribution >= 0.6 is 0 Å². The Morgan fingerprint density at radius 1 is 1.09 bits per heavy atom. The van der Waals surface area contributed by atoms with Crippen LogP contribution in [-0.4, -0.2) is 82.1 Å². The smallest absolute Gasteiger partial charge is 0.328 e. The highest BCUT2D eigenvalue weighted by Gasteiger charge is 2.42. The first-order valence-electron chi connectivity index (χ1n) is 16.3. The molecule has 2 aromatic rings. The third kappa shape index (κ3) is 9.28. The molecule has 1 saturated heterocycles. The predicted octanol–water partition coefficient (Wildman–Crippen LogP) is 4.15. The number of ether oxygens (including phenoxy) is 2. The van der Waals surface area contributed by atoms with Gasteiger partial charge in [-0.1, -0.05) is 25.3 Å². The molecule has 46 heavy (non-hydrogen) atoms. The highest BCUT2D eigenvalue weighted by molar-refractivity contribution is 7.90. The molecule has 2 amide bonds. The number of sulfone groups is 1. The van der Waals surface area contributed by atoms with Gasteiger partial charge in [-0.3, -0.25) is 14.6 Å². The average molecular weight is 657 g/mol. The Bertz CT molecular complexity index is 1480. The van der Waals surface area contributed by atoms with Crippen molar-refractivity contribution in [1.82, 2.24) is 10.3 Å². The molecule has 0 bridgehead atoms. The van der Waals surface area contributed by atoms with E-state index < -0.39 is 27.3 Å². The van der Waals surface area contributed by atoms with Crippen molar-refractivity contribution < 1.29 is 32.3 Å². The highest BCUT2D eigenvalue weighted by atomic mass is 32.2. The van der Waals surface area contributed by atoms with Crippen molar-refractivity contribution in [1.29, 1.82) is 0 Å². The van der Waals surface area contributed by atoms with Gasteiger partial charge in [-0.2, -0.15) is 0 Å². The van der Waals surface area contributed by atoms with Crippen LogP contribution in [0.1, 0.15) is 79.0 Å². The van der Waals surface area contributed by atoms with Crippen molar-refractivity contribution in [3.05, 3.63) is 52.8 Å². The van der Waals surface area contributed by atoms with Gasteiger partial charge in [0.2, 0.25) is 5.91 Å². The van der Waals surface area contributed by atoms with Gasteiger partial charge in [0.25, 0.3) is 5.91 Å². The second kappa shape index (κ2) is 15.9. The van der Waals surface area contributed by atoms with E-state index in [-0.39, 0.29) is 30.6 Å². The van der Waals surface area contributed by atoms with Crippen molar-refractivity contribution in [2.75, 3.05) is 55.1 Å². The molecule has 0 unspecified atom stereocenters. The fourth-order valence-corrected chi connectivity index (χ4v) is 7.31. The fourth-order valence-electron chi connectivity index (χ4n) is 6.58. The largest absolute Gasteiger partial charge is 0.464 e. The molecule has 1 atom stereocenters. The number of hydrogen-bond donors (Lipinski definition) is 2. The van der Waals surface area contributed by atoms with Gasteiger partial charge in [0, 0.05) is 54.5 Å². The lowest BCUT2D eigenvalue weighted by Gasteiger charge is -2.33. The SMILES string of the molecule is CCOC(=O)[C@H](Cc1ccc(NC(=O)c2c(C)ccnc2C)cc1N1CCOCC1)NC(=O)C1(CCCCS(C)(=O)=O)CCCC1. The molecule has 4 rings (SSSR count). The van der Waals surface area contributed by atoms with Crippen LogP contribution in [0.5, 0.6) is 0 Å². The molecule has 2 aliphatic rings. The summed E-state index contributed by atoms with van der Waals surface area (Å²) in [5.41, 5.74) is 3.66. The number of aromatic nitrogens is 1. The monoisotopic (exact) mass is 656 g/mol. The molecule has 0 radical (unpaired) electrons. The van der Waals surface area contributed by atoms with E-state index in [0.29, 0.717) is 75.4 Å². The van der Waals surface area contributed by atoms with Crippen LogP contribution in [0.3, 0.4) is 0 Å². The Hall–Kier alpha value is -3.51. The standard InChI is InChI=1S/C34H48N4O7S/c1-5-45-32(40)28(37-33(41)34(13-6-7-14-34)15-8-9-21-46(4,42)43)22-26-10-11-27(23-29(26)38-17-19-44-20-18-38)36-31(39)30-24(2)12-16-35-25(30)3/h10-12,16,23,28H,5-9,13-15,17-22H2,1-4H3,(H,36,39)(H,37,41)/t28-/m0/s1. The zero-order valence-corrected chi connectivity index (χ0v) is 28.3. The number of pyridine rings is 1. The number of nitrogens with zero attached hydrogens (tertiary/aromatic N) is 2. The summed E-state index contributed by atoms with van der Waals surface area (Å²) < 4.78 is 34.3. The summed E-state index contributed by atoms with van der Waals surface area (Å²) in [6, 6.07) is 6.49. The van der Waals surface area contributed by atoms with E-state index in [1.54, 1.807) is 26.1 Å². The second-order valence-corrected chi connectivity index (χ2v) is 14.8. The van der Waals surface area contributed by atoms with Crippen LogP contribution in [0, 0.1) is 19.3 Å². The van der Waals surface area contributed by atoms with Gasteiger partial charge in [-0.15, -0.1) is 0 Å². The van der Waals surface area contributed by atoms with Gasteiger partial charge in [-0.25, -0.2) is 13.2 Å². The summed E-state index contributed by atoms with van der Waals surface area (Å²) in [6.07, 6.45) is 8.04. The topological polar surface area (TPSA) is 144 Å². The Balaban J connectivity index is 1.58. The first-order valence-corrected chi connectivity index (χ1v) is 18.3. The molecule has 0 spiro atoms. The molecule has 2 fully saturated rings. The molecule has 1 saturated carbocycles. The highest BCUT2D eigenvalue weighted by Crippen LogP contribution is 2.43. The number of hydrogen-bond acceptors (Lipinski definition) is 9. The Kier molecular flexibility index (Phi) is 12.2. The summed E-state index contributed by atoms with van der Waals surface area (Å²) in [6.45, 7) is 7.96. The van der Waals surface area contributed by atoms with Crippen LogP contribution in [0.2, 0.25) is 0 Å². The third-order valence-electron chi connectivity index (χ3n) is 9.03. The first-order chi connectivity index (χ1) is 21.9. The molecule has 252 valence electrons. The number of nitrogens with one attached hydrogen (secondary N) is 2. The van der Waals surface area contributed by atoms with Crippen molar-refractivity contribution in [2.24, 2.45) is 5.41 Å². The molecule has 1 aromatic carbocycles. The Morgan fingerprint density at radius 3 is 2.46 bits per heavy atom. The van der Waals surface area contributed by atoms with Gasteiger partial charge in [0.05, 0.1) is 31.1 Å². The number of carbonyl (C=O) groups is 3. The molecule has 2 N–H and O–H groups in total. The number of aryl methyl sites for hydroxylation is 2. The number of unbranched alkanes of at least 4 members (excludes halogenated alkanes) is 1. The molecule has 1 aliphatic heterocycles. The zero-order valence-electron chi connectivity index (χ0n) is 27.5. The molecule has 11 nitrogen and oxygen atoms in total. The van der Waals surface area contributed by atoms with E-state index in [1.807, 2.05) is 25.1 Å². The van der Waals surface area contributed by atoms with Crippen LogP contribution in [0.15, 0.2) is 30.5 Å². The minimum absolute atomic E-state index is 0.0956. The lowest BCUT2D eigenvalue weighted by Crippen LogP contribution is -2.49. The molecular weight excluding hydrogens is 608 g/mol.